The highest BCUT2D eigenvalue weighted by atomic mass is 16.3. The van der Waals surface area contributed by atoms with E-state index in [1.165, 1.54) is 67.0 Å². The Hall–Kier alpha value is -5.86. The molecule has 0 amide bonds. The fourth-order valence-electron chi connectivity index (χ4n) is 9.70. The third kappa shape index (κ3) is 3.27. The first-order valence-electron chi connectivity index (χ1n) is 17.3. The number of furan rings is 1. The van der Waals surface area contributed by atoms with Crippen LogP contribution in [-0.4, -0.2) is 0 Å². The summed E-state index contributed by atoms with van der Waals surface area (Å²) in [6, 6.07) is 53.7. The van der Waals surface area contributed by atoms with Gasteiger partial charge in [-0.1, -0.05) is 123 Å². The van der Waals surface area contributed by atoms with E-state index in [1.807, 2.05) is 6.07 Å². The number of benzene rings is 7. The number of hydrogen-bond acceptors (Lipinski definition) is 2. The van der Waals surface area contributed by atoms with Gasteiger partial charge >= 0.3 is 0 Å². The summed E-state index contributed by atoms with van der Waals surface area (Å²) in [4.78, 5) is 2.55. The molecule has 0 saturated heterocycles. The molecule has 1 unspecified atom stereocenters. The lowest BCUT2D eigenvalue weighted by Crippen LogP contribution is -2.33. The first-order valence-corrected chi connectivity index (χ1v) is 17.3. The van der Waals surface area contributed by atoms with Gasteiger partial charge in [0.1, 0.15) is 11.2 Å². The smallest absolute Gasteiger partial charge is 0.136 e. The van der Waals surface area contributed by atoms with Crippen LogP contribution in [0.15, 0.2) is 150 Å². The molecule has 1 aromatic heterocycles. The molecule has 2 heterocycles. The lowest BCUT2D eigenvalue weighted by atomic mass is 9.67. The SMILES string of the molecule is CC1(C)c2ccccc2-c2c1ccc1c2C2(C)c3ccccc3-c3cccc(c32)N1c1ccccc1-c1ccc2c(c1)oc1ccccc12. The molecule has 2 nitrogen and oxygen atoms in total. The number of anilines is 3. The monoisotopic (exact) mass is 627 g/mol. The van der Waals surface area contributed by atoms with Gasteiger partial charge < -0.3 is 9.32 Å². The van der Waals surface area contributed by atoms with E-state index in [9.17, 15) is 0 Å². The van der Waals surface area contributed by atoms with E-state index in [4.69, 9.17) is 4.42 Å². The van der Waals surface area contributed by atoms with Crippen LogP contribution in [0.3, 0.4) is 0 Å². The molecule has 8 aromatic rings. The number of hydrogen-bond donors (Lipinski definition) is 0. The molecule has 1 aliphatic heterocycles. The lowest BCUT2D eigenvalue weighted by molar-refractivity contribution is 0.655. The van der Waals surface area contributed by atoms with Crippen molar-refractivity contribution in [3.63, 3.8) is 0 Å². The van der Waals surface area contributed by atoms with Crippen LogP contribution in [0.5, 0.6) is 0 Å². The van der Waals surface area contributed by atoms with E-state index in [1.54, 1.807) is 0 Å². The molecule has 3 aliphatic rings. The van der Waals surface area contributed by atoms with Crippen molar-refractivity contribution >= 4 is 39.0 Å². The van der Waals surface area contributed by atoms with Crippen molar-refractivity contribution in [2.75, 3.05) is 4.90 Å². The van der Waals surface area contributed by atoms with Gasteiger partial charge in [-0.2, -0.15) is 0 Å². The highest BCUT2D eigenvalue weighted by molar-refractivity contribution is 6.07. The van der Waals surface area contributed by atoms with Gasteiger partial charge in [-0.3, -0.25) is 0 Å². The Kier molecular flexibility index (Phi) is 5.08. The molecule has 0 bridgehead atoms. The van der Waals surface area contributed by atoms with E-state index >= 15 is 0 Å². The van der Waals surface area contributed by atoms with Crippen LogP contribution in [0.1, 0.15) is 48.6 Å². The highest BCUT2D eigenvalue weighted by Crippen LogP contribution is 2.66. The van der Waals surface area contributed by atoms with Gasteiger partial charge in [0.2, 0.25) is 0 Å². The van der Waals surface area contributed by atoms with E-state index in [0.717, 1.165) is 33.2 Å². The van der Waals surface area contributed by atoms with Crippen LogP contribution in [-0.2, 0) is 10.8 Å². The van der Waals surface area contributed by atoms with Crippen molar-refractivity contribution in [2.45, 2.75) is 31.6 Å². The summed E-state index contributed by atoms with van der Waals surface area (Å²) in [5.41, 5.74) is 19.8. The Morgan fingerprint density at radius 2 is 1.10 bits per heavy atom. The van der Waals surface area contributed by atoms with Gasteiger partial charge in [-0.05, 0) is 99.0 Å². The fraction of sp³-hybridized carbons (Fsp3) is 0.106. The van der Waals surface area contributed by atoms with Crippen molar-refractivity contribution in [1.82, 2.24) is 0 Å². The van der Waals surface area contributed by atoms with Gasteiger partial charge in [0, 0.05) is 27.2 Å². The highest BCUT2D eigenvalue weighted by Gasteiger charge is 2.52. The maximum Gasteiger partial charge on any atom is 0.136 e. The van der Waals surface area contributed by atoms with Crippen LogP contribution in [0, 0.1) is 0 Å². The van der Waals surface area contributed by atoms with E-state index in [0.29, 0.717) is 0 Å². The summed E-state index contributed by atoms with van der Waals surface area (Å²) in [7, 11) is 0. The van der Waals surface area contributed by atoms with Crippen molar-refractivity contribution < 1.29 is 4.42 Å². The molecular formula is C47H33NO. The Labute approximate surface area is 285 Å². The van der Waals surface area contributed by atoms with Crippen LogP contribution in [0.2, 0.25) is 0 Å². The maximum absolute atomic E-state index is 6.39. The lowest BCUT2D eigenvalue weighted by Gasteiger charge is -2.44. The van der Waals surface area contributed by atoms with Crippen molar-refractivity contribution in [3.05, 3.63) is 173 Å². The second kappa shape index (κ2) is 9.18. The second-order valence-electron chi connectivity index (χ2n) is 14.6. The average Bonchev–Trinajstić information content (AvgIpc) is 3.73. The summed E-state index contributed by atoms with van der Waals surface area (Å²) >= 11 is 0. The molecule has 0 spiro atoms. The molecule has 0 radical (unpaired) electrons. The predicted molar refractivity (Wildman–Crippen MR) is 202 cm³/mol. The molecule has 232 valence electrons. The first-order chi connectivity index (χ1) is 24.0. The molecule has 2 aliphatic carbocycles. The molecule has 2 heteroatoms. The Morgan fingerprint density at radius 3 is 1.98 bits per heavy atom. The molecule has 11 rings (SSSR count). The summed E-state index contributed by atoms with van der Waals surface area (Å²) in [6.07, 6.45) is 0. The zero-order chi connectivity index (χ0) is 32.6. The van der Waals surface area contributed by atoms with Crippen molar-refractivity contribution in [3.8, 4) is 33.4 Å². The molecular weight excluding hydrogens is 595 g/mol. The third-order valence-electron chi connectivity index (χ3n) is 11.8. The largest absolute Gasteiger partial charge is 0.456 e. The normalized spacial score (nSPS) is 17.5. The number of rotatable bonds is 2. The predicted octanol–water partition coefficient (Wildman–Crippen LogP) is 12.7. The van der Waals surface area contributed by atoms with Crippen LogP contribution in [0.4, 0.5) is 17.1 Å². The quantitative estimate of drug-likeness (QED) is 0.190. The molecule has 7 aromatic carbocycles. The molecule has 49 heavy (non-hydrogen) atoms. The van der Waals surface area contributed by atoms with Gasteiger partial charge in [0.05, 0.1) is 17.1 Å². The number of fused-ring (bicyclic) bond motifs is 12. The number of para-hydroxylation sites is 2. The minimum atomic E-state index is -0.324. The van der Waals surface area contributed by atoms with Crippen molar-refractivity contribution in [1.29, 1.82) is 0 Å². The summed E-state index contributed by atoms with van der Waals surface area (Å²) < 4.78 is 6.39. The molecule has 0 saturated carbocycles. The van der Waals surface area contributed by atoms with E-state index in [-0.39, 0.29) is 10.8 Å². The fourth-order valence-corrected chi connectivity index (χ4v) is 9.70. The van der Waals surface area contributed by atoms with Gasteiger partial charge in [-0.25, -0.2) is 0 Å². The number of nitrogens with zero attached hydrogens (tertiary/aromatic N) is 1. The molecule has 1 atom stereocenters. The van der Waals surface area contributed by atoms with Gasteiger partial charge in [0.15, 0.2) is 0 Å². The van der Waals surface area contributed by atoms with Crippen LogP contribution >= 0.6 is 0 Å². The van der Waals surface area contributed by atoms with E-state index < -0.39 is 0 Å². The Bertz CT molecular complexity index is 2730. The Morgan fingerprint density at radius 1 is 0.449 bits per heavy atom. The van der Waals surface area contributed by atoms with Gasteiger partial charge in [-0.15, -0.1) is 0 Å². The standard InChI is InChI=1S/C47H33NO/c1-46(2)35-18-8-5-16-34(35)43-37(46)25-26-40-45(43)47(3)36-19-9-4-14-30(36)33-17-12-21-39(44(33)47)48(40)38-20-10-6-13-29(38)28-23-24-32-31-15-7-11-22-41(31)49-42(32)27-28/h4-27H,1-3H3. The minimum absolute atomic E-state index is 0.0973. The Balaban J connectivity index is 1.24. The third-order valence-corrected chi connectivity index (χ3v) is 11.8. The first kappa shape index (κ1) is 27.1. The van der Waals surface area contributed by atoms with Crippen LogP contribution < -0.4 is 4.90 Å². The van der Waals surface area contributed by atoms with Crippen LogP contribution in [0.25, 0.3) is 55.3 Å². The van der Waals surface area contributed by atoms with Gasteiger partial charge in [0.25, 0.3) is 0 Å². The van der Waals surface area contributed by atoms with Crippen molar-refractivity contribution in [2.24, 2.45) is 0 Å². The zero-order valence-electron chi connectivity index (χ0n) is 27.7. The maximum atomic E-state index is 6.39. The zero-order valence-corrected chi connectivity index (χ0v) is 27.7. The molecule has 0 fully saturated rings. The molecule has 0 N–H and O–H groups in total. The topological polar surface area (TPSA) is 16.4 Å². The summed E-state index contributed by atoms with van der Waals surface area (Å²) in [5.74, 6) is 0. The average molecular weight is 628 g/mol. The summed E-state index contributed by atoms with van der Waals surface area (Å²) in [6.45, 7) is 7.25. The van der Waals surface area contributed by atoms with E-state index in [2.05, 4.69) is 165 Å². The summed E-state index contributed by atoms with van der Waals surface area (Å²) in [5, 5.41) is 2.30. The minimum Gasteiger partial charge on any atom is -0.456 e. The second-order valence-corrected chi connectivity index (χ2v) is 14.6.